The maximum absolute atomic E-state index is 13.8. The molecule has 13 nitrogen and oxygen atoms in total. The van der Waals surface area contributed by atoms with Gasteiger partial charge in [-0.3, -0.25) is 14.4 Å². The number of aliphatic hydroxyl groups is 1. The molecule has 0 aromatic heterocycles. The number of carbonyl (C=O) groups excluding carboxylic acids is 4. The lowest BCUT2D eigenvalue weighted by atomic mass is 9.82. The summed E-state index contributed by atoms with van der Waals surface area (Å²) >= 11 is 0. The molecule has 0 unspecified atom stereocenters. The number of ether oxygens (including phenoxy) is 3. The molecule has 0 bridgehead atoms. The van der Waals surface area contributed by atoms with Crippen molar-refractivity contribution in [3.63, 3.8) is 0 Å². The standard InChI is InChI=1S/C41H59NO12/c1-6-8-10-13-16-19-31(43)20-17-14-11-12-15-18-21-33(41(51,39(49)50)28-35(44)45)37(47)42-34(38(48)53-29-36(46)54-40(3,4)5)27-30-22-24-32(25-23-30)52-26-9-7-2/h18,21-25,33-34,51H,6,8,10-17,19-20,26-29H2,1-5H3,(H,42,47)(H,44,45)(H,49,50)/t33-,34+,41+/m1/s1. The molecule has 1 rings (SSSR count). The van der Waals surface area contributed by atoms with Crippen LogP contribution in [0.4, 0.5) is 0 Å². The van der Waals surface area contributed by atoms with Crippen LogP contribution in [0.15, 0.2) is 36.4 Å². The van der Waals surface area contributed by atoms with E-state index in [4.69, 9.17) is 14.2 Å². The van der Waals surface area contributed by atoms with Gasteiger partial charge in [-0.2, -0.15) is 0 Å². The second kappa shape index (κ2) is 25.3. The monoisotopic (exact) mass is 757 g/mol. The van der Waals surface area contributed by atoms with Gasteiger partial charge in [0.05, 0.1) is 12.3 Å². The molecule has 1 aromatic carbocycles. The molecule has 1 aromatic rings. The maximum atomic E-state index is 13.8. The summed E-state index contributed by atoms with van der Waals surface area (Å²) in [6.45, 7) is 8.09. The Morgan fingerprint density at radius 3 is 2.06 bits per heavy atom. The largest absolute Gasteiger partial charge is 0.481 e. The summed E-state index contributed by atoms with van der Waals surface area (Å²) in [5.74, 6) is -2.37. The molecule has 0 spiro atoms. The van der Waals surface area contributed by atoms with Crippen molar-refractivity contribution < 1.29 is 58.3 Å². The minimum atomic E-state index is -3.07. The SMILES string of the molecule is CC#CCOc1ccc(C[C@H](NC(=O)[C@@H](C=CCCCCCCC(=O)CCCCCCC)[C@@](O)(CC(=O)O)C(=O)O)C(=O)OCC(=O)OC(C)(C)C)cc1. The minimum absolute atomic E-state index is 0.156. The Morgan fingerprint density at radius 2 is 1.50 bits per heavy atom. The average molecular weight is 758 g/mol. The molecule has 0 saturated carbocycles. The number of allylic oxidation sites excluding steroid dienone is 1. The highest BCUT2D eigenvalue weighted by atomic mass is 16.6. The van der Waals surface area contributed by atoms with Gasteiger partial charge in [-0.1, -0.05) is 75.7 Å². The number of esters is 2. The number of carboxylic acid groups (broad SMARTS) is 2. The lowest BCUT2D eigenvalue weighted by molar-refractivity contribution is -0.172. The molecule has 0 aliphatic heterocycles. The number of carboxylic acids is 2. The maximum Gasteiger partial charge on any atom is 0.344 e. The summed E-state index contributed by atoms with van der Waals surface area (Å²) in [5.41, 5.74) is -3.42. The van der Waals surface area contributed by atoms with Crippen LogP contribution in [0.25, 0.3) is 0 Å². The van der Waals surface area contributed by atoms with Crippen LogP contribution in [-0.2, 0) is 44.7 Å². The third-order valence-corrected chi connectivity index (χ3v) is 8.26. The molecule has 0 heterocycles. The van der Waals surface area contributed by atoms with E-state index in [9.17, 15) is 44.1 Å². The topological polar surface area (TPSA) is 203 Å². The molecular weight excluding hydrogens is 698 g/mol. The van der Waals surface area contributed by atoms with Gasteiger partial charge in [0, 0.05) is 19.3 Å². The van der Waals surface area contributed by atoms with Gasteiger partial charge in [0.15, 0.2) is 12.2 Å². The first-order chi connectivity index (χ1) is 25.5. The fourth-order valence-corrected chi connectivity index (χ4v) is 5.44. The van der Waals surface area contributed by atoms with Gasteiger partial charge < -0.3 is 34.8 Å². The number of hydrogen-bond donors (Lipinski definition) is 4. The Labute approximate surface area is 319 Å². The van der Waals surface area contributed by atoms with Gasteiger partial charge in [-0.25, -0.2) is 14.4 Å². The van der Waals surface area contributed by atoms with Crippen molar-refractivity contribution >= 4 is 35.6 Å². The number of carbonyl (C=O) groups is 6. The van der Waals surface area contributed by atoms with Crippen molar-refractivity contribution in [2.45, 2.75) is 142 Å². The predicted molar refractivity (Wildman–Crippen MR) is 201 cm³/mol. The van der Waals surface area contributed by atoms with E-state index in [1.54, 1.807) is 52.0 Å². The van der Waals surface area contributed by atoms with E-state index in [2.05, 4.69) is 24.1 Å². The Kier molecular flexibility index (Phi) is 22.2. The fourth-order valence-electron chi connectivity index (χ4n) is 5.44. The van der Waals surface area contributed by atoms with Crippen molar-refractivity contribution in [3.05, 3.63) is 42.0 Å². The molecule has 0 aliphatic carbocycles. The molecule has 0 radical (unpaired) electrons. The van der Waals surface area contributed by atoms with Crippen molar-refractivity contribution in [2.24, 2.45) is 5.92 Å². The number of ketones is 1. The van der Waals surface area contributed by atoms with Gasteiger partial charge in [0.2, 0.25) is 5.91 Å². The van der Waals surface area contributed by atoms with E-state index < -0.39 is 66.0 Å². The van der Waals surface area contributed by atoms with Crippen LogP contribution in [0.2, 0.25) is 0 Å². The van der Waals surface area contributed by atoms with Gasteiger partial charge in [-0.15, -0.1) is 5.92 Å². The van der Waals surface area contributed by atoms with Crippen LogP contribution < -0.4 is 10.1 Å². The quantitative estimate of drug-likeness (QED) is 0.0368. The fraction of sp³-hybridized carbons (Fsp3) is 0.610. The number of hydrogen-bond acceptors (Lipinski definition) is 10. The lowest BCUT2D eigenvalue weighted by Crippen LogP contribution is -2.55. The van der Waals surface area contributed by atoms with E-state index in [1.807, 2.05) is 0 Å². The van der Waals surface area contributed by atoms with E-state index >= 15 is 0 Å². The number of aliphatic carboxylic acids is 2. The summed E-state index contributed by atoms with van der Waals surface area (Å²) in [4.78, 5) is 75.4. The zero-order valence-corrected chi connectivity index (χ0v) is 32.4. The Bertz CT molecular complexity index is 1450. The first-order valence-electron chi connectivity index (χ1n) is 18.7. The molecule has 3 atom stereocenters. The molecule has 4 N–H and O–H groups in total. The summed E-state index contributed by atoms with van der Waals surface area (Å²) in [6, 6.07) is 4.99. The highest BCUT2D eigenvalue weighted by Gasteiger charge is 2.49. The smallest absolute Gasteiger partial charge is 0.344 e. The van der Waals surface area contributed by atoms with Crippen LogP contribution in [0.1, 0.15) is 124 Å². The predicted octanol–water partition coefficient (Wildman–Crippen LogP) is 5.73. The molecule has 0 fully saturated rings. The second-order valence-corrected chi connectivity index (χ2v) is 14.2. The highest BCUT2D eigenvalue weighted by molar-refractivity contribution is 5.95. The average Bonchev–Trinajstić information content (AvgIpc) is 3.09. The number of Topliss-reactive ketones (excluding diaryl/α,β-unsaturated/α-hetero) is 1. The highest BCUT2D eigenvalue weighted by Crippen LogP contribution is 2.26. The lowest BCUT2D eigenvalue weighted by Gasteiger charge is -2.30. The summed E-state index contributed by atoms with van der Waals surface area (Å²) < 4.78 is 15.9. The summed E-state index contributed by atoms with van der Waals surface area (Å²) in [5, 5.41) is 33.0. The van der Waals surface area contributed by atoms with Crippen molar-refractivity contribution in [1.82, 2.24) is 5.32 Å². The van der Waals surface area contributed by atoms with Crippen molar-refractivity contribution in [3.8, 4) is 17.6 Å². The molecule has 300 valence electrons. The van der Waals surface area contributed by atoms with Crippen LogP contribution in [0.3, 0.4) is 0 Å². The second-order valence-electron chi connectivity index (χ2n) is 14.2. The van der Waals surface area contributed by atoms with Gasteiger partial charge in [0.1, 0.15) is 29.8 Å². The van der Waals surface area contributed by atoms with Gasteiger partial charge in [0.25, 0.3) is 0 Å². The summed E-state index contributed by atoms with van der Waals surface area (Å²) in [7, 11) is 0. The van der Waals surface area contributed by atoms with E-state index in [0.29, 0.717) is 37.0 Å². The van der Waals surface area contributed by atoms with E-state index in [-0.39, 0.29) is 18.8 Å². The molecule has 0 aliphatic rings. The van der Waals surface area contributed by atoms with Crippen molar-refractivity contribution in [1.29, 1.82) is 0 Å². The Morgan fingerprint density at radius 1 is 0.889 bits per heavy atom. The normalized spacial score (nSPS) is 13.4. The van der Waals surface area contributed by atoms with Crippen LogP contribution in [-0.4, -0.2) is 81.3 Å². The van der Waals surface area contributed by atoms with Crippen LogP contribution >= 0.6 is 0 Å². The number of amides is 1. The number of benzene rings is 1. The van der Waals surface area contributed by atoms with Gasteiger partial charge >= 0.3 is 23.9 Å². The summed E-state index contributed by atoms with van der Waals surface area (Å²) in [6.07, 6.45) is 11.0. The zero-order valence-electron chi connectivity index (χ0n) is 32.4. The molecule has 1 amide bonds. The molecule has 0 saturated heterocycles. The third kappa shape index (κ3) is 19.9. The first kappa shape index (κ1) is 47.3. The first-order valence-corrected chi connectivity index (χ1v) is 18.7. The van der Waals surface area contributed by atoms with Crippen LogP contribution in [0, 0.1) is 17.8 Å². The van der Waals surface area contributed by atoms with Gasteiger partial charge in [-0.05, 0) is 71.1 Å². The van der Waals surface area contributed by atoms with E-state index in [1.165, 1.54) is 12.5 Å². The number of nitrogens with one attached hydrogen (secondary N) is 1. The number of unbranched alkanes of at least 4 members (excludes halogenated alkanes) is 8. The van der Waals surface area contributed by atoms with E-state index in [0.717, 1.165) is 51.0 Å². The zero-order chi connectivity index (χ0) is 40.6. The molecule has 54 heavy (non-hydrogen) atoms. The van der Waals surface area contributed by atoms with Crippen molar-refractivity contribution in [2.75, 3.05) is 13.2 Å². The Hall–Kier alpha value is -4.70. The Balaban J connectivity index is 3.12. The number of rotatable bonds is 27. The molecular formula is C41H59NO12. The molecule has 13 heteroatoms. The third-order valence-electron chi connectivity index (χ3n) is 8.26. The minimum Gasteiger partial charge on any atom is -0.481 e. The van der Waals surface area contributed by atoms with Crippen LogP contribution in [0.5, 0.6) is 5.75 Å².